The highest BCUT2D eigenvalue weighted by Crippen LogP contribution is 2.34. The first kappa shape index (κ1) is 24.2. The van der Waals surface area contributed by atoms with Crippen molar-refractivity contribution in [3.05, 3.63) is 71.5 Å². The topological polar surface area (TPSA) is 90.3 Å². The molecule has 1 heterocycles. The third-order valence-electron chi connectivity index (χ3n) is 4.54. The number of aromatic nitrogens is 2. The van der Waals surface area contributed by atoms with Crippen molar-refractivity contribution in [1.29, 1.82) is 0 Å². The number of rotatable bonds is 7. The molecule has 3 aromatic rings. The van der Waals surface area contributed by atoms with Gasteiger partial charge in [-0.3, -0.25) is 9.00 Å². The first-order valence-corrected chi connectivity index (χ1v) is 11.2. The number of alkyl halides is 3. The molecule has 0 saturated carbocycles. The fourth-order valence-electron chi connectivity index (χ4n) is 3.07. The average Bonchev–Trinajstić information content (AvgIpc) is 3.25. The standard InChI is InChI=1S/C22H20F3N3O4S/c1-3-32-21(30)17-13-26-28(19(17)22(23,24)25)15-11-9-14(10-12-15)27-20(29)16-7-5-6-8-18(16)33(31)4-2/h5-13H,3-4H2,1-2H3,(H,27,29). The van der Waals surface area contributed by atoms with E-state index in [2.05, 4.69) is 10.4 Å². The second-order valence-electron chi connectivity index (χ2n) is 6.67. The summed E-state index contributed by atoms with van der Waals surface area (Å²) >= 11 is 0. The van der Waals surface area contributed by atoms with Gasteiger partial charge in [-0.2, -0.15) is 18.3 Å². The Labute approximate surface area is 190 Å². The largest absolute Gasteiger partial charge is 0.462 e. The van der Waals surface area contributed by atoms with Crippen LogP contribution in [0.15, 0.2) is 59.6 Å². The molecule has 11 heteroatoms. The molecule has 1 N–H and O–H groups in total. The zero-order valence-corrected chi connectivity index (χ0v) is 18.5. The van der Waals surface area contributed by atoms with Gasteiger partial charge in [0.05, 0.1) is 39.7 Å². The summed E-state index contributed by atoms with van der Waals surface area (Å²) < 4.78 is 58.4. The number of esters is 1. The lowest BCUT2D eigenvalue weighted by atomic mass is 10.2. The molecule has 0 spiro atoms. The zero-order valence-electron chi connectivity index (χ0n) is 17.7. The number of hydrogen-bond acceptors (Lipinski definition) is 5. The summed E-state index contributed by atoms with van der Waals surface area (Å²) in [5, 5.41) is 6.35. The Bertz CT molecular complexity index is 1190. The third-order valence-corrected chi connectivity index (χ3v) is 5.91. The van der Waals surface area contributed by atoms with Gasteiger partial charge in [0.25, 0.3) is 5.91 Å². The Balaban J connectivity index is 1.88. The van der Waals surface area contributed by atoms with Gasteiger partial charge in [-0.1, -0.05) is 19.1 Å². The Morgan fingerprint density at radius 2 is 1.73 bits per heavy atom. The monoisotopic (exact) mass is 479 g/mol. The highest BCUT2D eigenvalue weighted by atomic mass is 32.2. The summed E-state index contributed by atoms with van der Waals surface area (Å²) in [7, 11) is -1.34. The van der Waals surface area contributed by atoms with E-state index in [9.17, 15) is 27.0 Å². The van der Waals surface area contributed by atoms with Crippen LogP contribution < -0.4 is 5.32 Å². The van der Waals surface area contributed by atoms with Crippen LogP contribution in [-0.2, 0) is 21.7 Å². The molecule has 7 nitrogen and oxygen atoms in total. The normalized spacial score (nSPS) is 12.3. The van der Waals surface area contributed by atoms with Crippen molar-refractivity contribution in [2.75, 3.05) is 17.7 Å². The number of benzene rings is 2. The number of hydrogen-bond donors (Lipinski definition) is 1. The van der Waals surface area contributed by atoms with Crippen molar-refractivity contribution in [3.8, 4) is 5.69 Å². The van der Waals surface area contributed by atoms with Gasteiger partial charge < -0.3 is 10.1 Å². The second kappa shape index (κ2) is 9.99. The fourth-order valence-corrected chi connectivity index (χ4v) is 4.02. The van der Waals surface area contributed by atoms with Gasteiger partial charge in [0, 0.05) is 11.4 Å². The average molecular weight is 479 g/mol. The summed E-state index contributed by atoms with van der Waals surface area (Å²) in [6.45, 7) is 3.15. The molecule has 1 aromatic heterocycles. The number of halogens is 3. The summed E-state index contributed by atoms with van der Waals surface area (Å²) in [4.78, 5) is 25.0. The molecule has 174 valence electrons. The van der Waals surface area contributed by atoms with Crippen LogP contribution in [0.2, 0.25) is 0 Å². The van der Waals surface area contributed by atoms with Gasteiger partial charge in [-0.25, -0.2) is 9.48 Å². The lowest BCUT2D eigenvalue weighted by Gasteiger charge is -2.13. The minimum atomic E-state index is -4.86. The van der Waals surface area contributed by atoms with Gasteiger partial charge in [0.1, 0.15) is 5.56 Å². The van der Waals surface area contributed by atoms with Crippen LogP contribution in [0.4, 0.5) is 18.9 Å². The van der Waals surface area contributed by atoms with E-state index >= 15 is 0 Å². The maximum atomic E-state index is 13.6. The Hall–Kier alpha value is -3.47. The number of carbonyl (C=O) groups excluding carboxylic acids is 2. The molecule has 0 bridgehead atoms. The highest BCUT2D eigenvalue weighted by molar-refractivity contribution is 7.85. The molecule has 0 saturated heterocycles. The van der Waals surface area contributed by atoms with Crippen LogP contribution in [0, 0.1) is 0 Å². The van der Waals surface area contributed by atoms with Crippen LogP contribution in [0.3, 0.4) is 0 Å². The molecular formula is C22H20F3N3O4S. The summed E-state index contributed by atoms with van der Waals surface area (Å²) in [6, 6.07) is 11.9. The van der Waals surface area contributed by atoms with Crippen molar-refractivity contribution in [1.82, 2.24) is 9.78 Å². The molecule has 2 aromatic carbocycles. The quantitative estimate of drug-likeness (QED) is 0.506. The molecule has 3 rings (SSSR count). The molecule has 0 aliphatic heterocycles. The number of nitrogens with zero attached hydrogens (tertiary/aromatic N) is 2. The van der Waals surface area contributed by atoms with Crippen molar-refractivity contribution in [2.24, 2.45) is 0 Å². The minimum absolute atomic E-state index is 0.0309. The Morgan fingerprint density at radius 3 is 2.33 bits per heavy atom. The Morgan fingerprint density at radius 1 is 1.06 bits per heavy atom. The molecule has 1 atom stereocenters. The number of ether oxygens (including phenoxy) is 1. The smallest absolute Gasteiger partial charge is 0.434 e. The van der Waals surface area contributed by atoms with E-state index in [4.69, 9.17) is 4.74 Å². The predicted octanol–water partition coefficient (Wildman–Crippen LogP) is 4.45. The predicted molar refractivity (Wildman–Crippen MR) is 116 cm³/mol. The van der Waals surface area contributed by atoms with Crippen LogP contribution in [0.1, 0.15) is 40.3 Å². The first-order valence-electron chi connectivity index (χ1n) is 9.88. The molecule has 1 unspecified atom stereocenters. The number of carbonyl (C=O) groups is 2. The molecular weight excluding hydrogens is 459 g/mol. The van der Waals surface area contributed by atoms with E-state index < -0.39 is 40.1 Å². The molecule has 0 aliphatic carbocycles. The molecule has 0 aliphatic rings. The van der Waals surface area contributed by atoms with Gasteiger partial charge >= 0.3 is 12.1 Å². The van der Waals surface area contributed by atoms with E-state index in [1.54, 1.807) is 31.2 Å². The van der Waals surface area contributed by atoms with Crippen LogP contribution in [-0.4, -0.2) is 38.2 Å². The van der Waals surface area contributed by atoms with E-state index in [1.807, 2.05) is 0 Å². The molecule has 0 radical (unpaired) electrons. The number of amides is 1. The lowest BCUT2D eigenvalue weighted by Crippen LogP contribution is -2.18. The van der Waals surface area contributed by atoms with Gasteiger partial charge in [-0.05, 0) is 43.3 Å². The van der Waals surface area contributed by atoms with Gasteiger partial charge in [0.15, 0.2) is 5.69 Å². The van der Waals surface area contributed by atoms with Gasteiger partial charge in [0.2, 0.25) is 0 Å². The van der Waals surface area contributed by atoms with Crippen molar-refractivity contribution in [3.63, 3.8) is 0 Å². The van der Waals surface area contributed by atoms with Crippen molar-refractivity contribution >= 4 is 28.4 Å². The SMILES string of the molecule is CCOC(=O)c1cnn(-c2ccc(NC(=O)c3ccccc3S(=O)CC)cc2)c1C(F)(F)F. The fraction of sp³-hybridized carbons (Fsp3) is 0.227. The molecule has 1 amide bonds. The Kier molecular flexibility index (Phi) is 7.32. The zero-order chi connectivity index (χ0) is 24.2. The first-order chi connectivity index (χ1) is 15.7. The van der Waals surface area contributed by atoms with E-state index in [0.29, 0.717) is 21.0 Å². The minimum Gasteiger partial charge on any atom is -0.462 e. The van der Waals surface area contributed by atoms with Crippen molar-refractivity contribution < 1.29 is 31.7 Å². The summed E-state index contributed by atoms with van der Waals surface area (Å²) in [6.07, 6.45) is -4.05. The molecule has 0 fully saturated rings. The van der Waals surface area contributed by atoms with Crippen LogP contribution >= 0.6 is 0 Å². The number of anilines is 1. The maximum absolute atomic E-state index is 13.6. The lowest BCUT2D eigenvalue weighted by molar-refractivity contribution is -0.143. The molecule has 33 heavy (non-hydrogen) atoms. The summed E-state index contributed by atoms with van der Waals surface area (Å²) in [5.41, 5.74) is -1.36. The van der Waals surface area contributed by atoms with E-state index in [1.165, 1.54) is 31.2 Å². The number of nitrogens with one attached hydrogen (secondary N) is 1. The van der Waals surface area contributed by atoms with Crippen LogP contribution in [0.25, 0.3) is 5.69 Å². The third kappa shape index (κ3) is 5.30. The second-order valence-corrected chi connectivity index (χ2v) is 8.38. The summed E-state index contributed by atoms with van der Waals surface area (Å²) in [5.74, 6) is -1.28. The highest BCUT2D eigenvalue weighted by Gasteiger charge is 2.41. The van der Waals surface area contributed by atoms with E-state index in [-0.39, 0.29) is 17.9 Å². The maximum Gasteiger partial charge on any atom is 0.434 e. The van der Waals surface area contributed by atoms with Gasteiger partial charge in [-0.15, -0.1) is 0 Å². The van der Waals surface area contributed by atoms with Crippen LogP contribution in [0.5, 0.6) is 0 Å². The van der Waals surface area contributed by atoms with E-state index in [0.717, 1.165) is 6.20 Å². The van der Waals surface area contributed by atoms with Crippen molar-refractivity contribution in [2.45, 2.75) is 24.9 Å².